The molecule has 0 bridgehead atoms. The Morgan fingerprint density at radius 2 is 1.92 bits per heavy atom. The standard InChI is InChI=1S/C19H20N2O2S/c1-3-17(22)20-15-10-8-14(9-11-15)19-21(18(23)12-24-19)16-7-5-4-6-13(16)2/h4-11,19H,3,12H2,1-2H3,(H,20,22). The van der Waals surface area contributed by atoms with Crippen molar-refractivity contribution in [3.05, 3.63) is 59.7 Å². The van der Waals surface area contributed by atoms with Gasteiger partial charge in [-0.25, -0.2) is 0 Å². The topological polar surface area (TPSA) is 49.4 Å². The third kappa shape index (κ3) is 3.31. The number of aryl methyl sites for hydroxylation is 1. The van der Waals surface area contributed by atoms with Crippen LogP contribution in [0.15, 0.2) is 48.5 Å². The molecule has 1 atom stereocenters. The molecule has 1 aliphatic rings. The lowest BCUT2D eigenvalue weighted by atomic mass is 10.1. The van der Waals surface area contributed by atoms with E-state index in [4.69, 9.17) is 0 Å². The highest BCUT2D eigenvalue weighted by Gasteiger charge is 2.34. The molecule has 0 aromatic heterocycles. The van der Waals surface area contributed by atoms with Gasteiger partial charge in [0, 0.05) is 17.8 Å². The van der Waals surface area contributed by atoms with E-state index in [-0.39, 0.29) is 17.2 Å². The van der Waals surface area contributed by atoms with E-state index in [1.165, 1.54) is 0 Å². The third-order valence-electron chi connectivity index (χ3n) is 4.04. The predicted octanol–water partition coefficient (Wildman–Crippen LogP) is 4.12. The van der Waals surface area contributed by atoms with Crippen molar-refractivity contribution in [3.8, 4) is 0 Å². The lowest BCUT2D eigenvalue weighted by molar-refractivity contribution is -0.116. The number of amides is 2. The number of anilines is 2. The summed E-state index contributed by atoms with van der Waals surface area (Å²) in [6.07, 6.45) is 0.454. The van der Waals surface area contributed by atoms with E-state index in [0.717, 1.165) is 22.5 Å². The summed E-state index contributed by atoms with van der Waals surface area (Å²) in [7, 11) is 0. The Kier molecular flexibility index (Phi) is 4.90. The fourth-order valence-electron chi connectivity index (χ4n) is 2.75. The molecular weight excluding hydrogens is 320 g/mol. The first-order valence-electron chi connectivity index (χ1n) is 7.99. The van der Waals surface area contributed by atoms with Gasteiger partial charge in [-0.05, 0) is 36.2 Å². The maximum absolute atomic E-state index is 12.4. The van der Waals surface area contributed by atoms with Gasteiger partial charge in [0.1, 0.15) is 5.37 Å². The second-order valence-electron chi connectivity index (χ2n) is 5.74. The Balaban J connectivity index is 1.86. The fraction of sp³-hybridized carbons (Fsp3) is 0.263. The molecule has 1 N–H and O–H groups in total. The zero-order chi connectivity index (χ0) is 17.1. The highest BCUT2D eigenvalue weighted by Crippen LogP contribution is 2.42. The van der Waals surface area contributed by atoms with E-state index >= 15 is 0 Å². The SMILES string of the molecule is CCC(=O)Nc1ccc(C2SCC(=O)N2c2ccccc2C)cc1. The van der Waals surface area contributed by atoms with Crippen LogP contribution >= 0.6 is 11.8 Å². The quantitative estimate of drug-likeness (QED) is 0.911. The Morgan fingerprint density at radius 3 is 2.58 bits per heavy atom. The molecule has 1 heterocycles. The first-order valence-corrected chi connectivity index (χ1v) is 9.04. The number of thioether (sulfide) groups is 1. The molecule has 124 valence electrons. The van der Waals surface area contributed by atoms with Crippen molar-refractivity contribution in [1.82, 2.24) is 0 Å². The molecule has 3 rings (SSSR count). The number of nitrogens with zero attached hydrogens (tertiary/aromatic N) is 1. The van der Waals surface area contributed by atoms with Gasteiger partial charge in [0.2, 0.25) is 11.8 Å². The minimum absolute atomic E-state index is 0.00490. The van der Waals surface area contributed by atoms with Gasteiger partial charge in [-0.3, -0.25) is 14.5 Å². The Morgan fingerprint density at radius 1 is 1.21 bits per heavy atom. The van der Waals surface area contributed by atoms with Crippen molar-refractivity contribution >= 4 is 35.0 Å². The van der Waals surface area contributed by atoms with Crippen LogP contribution in [0.4, 0.5) is 11.4 Å². The van der Waals surface area contributed by atoms with Crippen LogP contribution in [0.25, 0.3) is 0 Å². The number of benzene rings is 2. The van der Waals surface area contributed by atoms with Gasteiger partial charge < -0.3 is 5.32 Å². The molecular formula is C19H20N2O2S. The summed E-state index contributed by atoms with van der Waals surface area (Å²) in [6, 6.07) is 15.7. The van der Waals surface area contributed by atoms with Gasteiger partial charge in [-0.2, -0.15) is 0 Å². The average molecular weight is 340 g/mol. The first-order chi connectivity index (χ1) is 11.6. The van der Waals surface area contributed by atoms with Crippen LogP contribution in [0, 0.1) is 6.92 Å². The van der Waals surface area contributed by atoms with Crippen molar-refractivity contribution in [1.29, 1.82) is 0 Å². The van der Waals surface area contributed by atoms with Crippen LogP contribution in [-0.4, -0.2) is 17.6 Å². The smallest absolute Gasteiger partial charge is 0.238 e. The number of hydrogen-bond donors (Lipinski definition) is 1. The summed E-state index contributed by atoms with van der Waals surface area (Å²) in [5, 5.41) is 2.81. The normalized spacial score (nSPS) is 17.2. The highest BCUT2D eigenvalue weighted by atomic mass is 32.2. The molecule has 4 nitrogen and oxygen atoms in total. The average Bonchev–Trinajstić information content (AvgIpc) is 2.97. The van der Waals surface area contributed by atoms with Crippen molar-refractivity contribution < 1.29 is 9.59 Å². The fourth-order valence-corrected chi connectivity index (χ4v) is 3.91. The van der Waals surface area contributed by atoms with Gasteiger partial charge in [-0.15, -0.1) is 11.8 Å². The van der Waals surface area contributed by atoms with Gasteiger partial charge >= 0.3 is 0 Å². The summed E-state index contributed by atoms with van der Waals surface area (Å²) in [5.74, 6) is 0.602. The van der Waals surface area contributed by atoms with Crippen LogP contribution in [-0.2, 0) is 9.59 Å². The van der Waals surface area contributed by atoms with Crippen LogP contribution in [0.5, 0.6) is 0 Å². The molecule has 0 aliphatic carbocycles. The Hall–Kier alpha value is -2.27. The maximum Gasteiger partial charge on any atom is 0.238 e. The molecule has 24 heavy (non-hydrogen) atoms. The second-order valence-corrected chi connectivity index (χ2v) is 6.81. The van der Waals surface area contributed by atoms with Crippen molar-refractivity contribution in [2.45, 2.75) is 25.6 Å². The van der Waals surface area contributed by atoms with Gasteiger partial charge in [0.15, 0.2) is 0 Å². The van der Waals surface area contributed by atoms with Crippen LogP contribution < -0.4 is 10.2 Å². The van der Waals surface area contributed by atoms with E-state index in [1.54, 1.807) is 11.8 Å². The number of carbonyl (C=O) groups is 2. The molecule has 5 heteroatoms. The minimum atomic E-state index is -0.0328. The molecule has 2 amide bonds. The number of nitrogens with one attached hydrogen (secondary N) is 1. The third-order valence-corrected chi connectivity index (χ3v) is 5.26. The monoisotopic (exact) mass is 340 g/mol. The summed E-state index contributed by atoms with van der Waals surface area (Å²) >= 11 is 1.63. The zero-order valence-electron chi connectivity index (χ0n) is 13.8. The lowest BCUT2D eigenvalue weighted by Crippen LogP contribution is -2.28. The van der Waals surface area contributed by atoms with E-state index in [1.807, 2.05) is 67.3 Å². The molecule has 0 radical (unpaired) electrons. The molecule has 0 saturated carbocycles. The van der Waals surface area contributed by atoms with Gasteiger partial charge in [0.05, 0.1) is 5.75 Å². The number of carbonyl (C=O) groups excluding carboxylic acids is 2. The minimum Gasteiger partial charge on any atom is -0.326 e. The molecule has 1 unspecified atom stereocenters. The molecule has 2 aromatic rings. The van der Waals surface area contributed by atoms with Gasteiger partial charge in [-0.1, -0.05) is 37.3 Å². The Labute approximate surface area is 146 Å². The van der Waals surface area contributed by atoms with E-state index < -0.39 is 0 Å². The molecule has 1 saturated heterocycles. The summed E-state index contributed by atoms with van der Waals surface area (Å²) in [4.78, 5) is 25.8. The largest absolute Gasteiger partial charge is 0.326 e. The maximum atomic E-state index is 12.4. The number of hydrogen-bond acceptors (Lipinski definition) is 3. The van der Waals surface area contributed by atoms with Crippen LogP contribution in [0.3, 0.4) is 0 Å². The summed E-state index contributed by atoms with van der Waals surface area (Å²) in [6.45, 7) is 3.84. The van der Waals surface area contributed by atoms with Crippen LogP contribution in [0.1, 0.15) is 29.8 Å². The van der Waals surface area contributed by atoms with Crippen LogP contribution in [0.2, 0.25) is 0 Å². The van der Waals surface area contributed by atoms with Gasteiger partial charge in [0.25, 0.3) is 0 Å². The summed E-state index contributed by atoms with van der Waals surface area (Å²) in [5.41, 5.74) is 3.89. The summed E-state index contributed by atoms with van der Waals surface area (Å²) < 4.78 is 0. The Bertz CT molecular complexity index is 758. The van der Waals surface area contributed by atoms with Crippen molar-refractivity contribution in [2.75, 3.05) is 16.0 Å². The molecule has 1 fully saturated rings. The number of rotatable bonds is 4. The molecule has 0 spiro atoms. The van der Waals surface area contributed by atoms with Crippen molar-refractivity contribution in [3.63, 3.8) is 0 Å². The van der Waals surface area contributed by atoms with E-state index in [0.29, 0.717) is 12.2 Å². The van der Waals surface area contributed by atoms with Crippen molar-refractivity contribution in [2.24, 2.45) is 0 Å². The second kappa shape index (κ2) is 7.09. The molecule has 2 aromatic carbocycles. The predicted molar refractivity (Wildman–Crippen MR) is 99.2 cm³/mol. The number of para-hydroxylation sites is 1. The zero-order valence-corrected chi connectivity index (χ0v) is 14.6. The lowest BCUT2D eigenvalue weighted by Gasteiger charge is -2.26. The van der Waals surface area contributed by atoms with E-state index in [9.17, 15) is 9.59 Å². The highest BCUT2D eigenvalue weighted by molar-refractivity contribution is 8.00. The first kappa shape index (κ1) is 16.6. The molecule has 1 aliphatic heterocycles. The van der Waals surface area contributed by atoms with E-state index in [2.05, 4.69) is 5.32 Å².